The molecule has 1 aromatic carbocycles. The van der Waals surface area contributed by atoms with E-state index in [9.17, 15) is 9.59 Å². The Balaban J connectivity index is 2.06. The molecule has 2 aliphatic carbocycles. The number of carbonyl (C=O) groups is 2. The van der Waals surface area contributed by atoms with Gasteiger partial charge in [0.25, 0.3) is 0 Å². The van der Waals surface area contributed by atoms with Gasteiger partial charge in [-0.2, -0.15) is 0 Å². The summed E-state index contributed by atoms with van der Waals surface area (Å²) in [6, 6.07) is 8.24. The summed E-state index contributed by atoms with van der Waals surface area (Å²) in [5, 5.41) is 0. The molecule has 4 N–H and O–H groups in total. The van der Waals surface area contributed by atoms with Crippen molar-refractivity contribution in [2.45, 2.75) is 38.5 Å². The summed E-state index contributed by atoms with van der Waals surface area (Å²) in [6.07, 6.45) is 3.98. The molecule has 1 aromatic rings. The lowest BCUT2D eigenvalue weighted by Gasteiger charge is -2.29. The average Bonchev–Trinajstić information content (AvgIpc) is 2.64. The minimum Gasteiger partial charge on any atom is -0.370 e. The molecule has 102 valence electrons. The molecule has 19 heavy (non-hydrogen) atoms. The van der Waals surface area contributed by atoms with E-state index in [1.165, 1.54) is 0 Å². The Hall–Kier alpha value is -1.84. The molecule has 4 nitrogen and oxygen atoms in total. The second-order valence-electron chi connectivity index (χ2n) is 5.49. The van der Waals surface area contributed by atoms with Gasteiger partial charge in [0.15, 0.2) is 0 Å². The van der Waals surface area contributed by atoms with Gasteiger partial charge in [-0.15, -0.1) is 0 Å². The van der Waals surface area contributed by atoms with Crippen molar-refractivity contribution < 1.29 is 9.59 Å². The van der Waals surface area contributed by atoms with Gasteiger partial charge >= 0.3 is 0 Å². The summed E-state index contributed by atoms with van der Waals surface area (Å²) in [7, 11) is 0. The maximum atomic E-state index is 11.9. The van der Waals surface area contributed by atoms with E-state index in [0.29, 0.717) is 25.7 Å². The van der Waals surface area contributed by atoms with Gasteiger partial charge in [0.2, 0.25) is 11.8 Å². The normalized spacial score (nSPS) is 16.0. The van der Waals surface area contributed by atoms with Crippen molar-refractivity contribution in [2.75, 3.05) is 0 Å². The van der Waals surface area contributed by atoms with Crippen LogP contribution in [0.15, 0.2) is 24.3 Å². The van der Waals surface area contributed by atoms with E-state index in [1.807, 2.05) is 0 Å². The SMILES string of the molecule is NC(=O)CCCCC1(C(N)=O)Cc2ccc(cc2)C1. The van der Waals surface area contributed by atoms with Crippen molar-refractivity contribution in [1.29, 1.82) is 0 Å². The zero-order valence-corrected chi connectivity index (χ0v) is 11.0. The van der Waals surface area contributed by atoms with Gasteiger partial charge in [-0.3, -0.25) is 9.59 Å². The molecule has 0 heterocycles. The van der Waals surface area contributed by atoms with Gasteiger partial charge in [0, 0.05) is 6.42 Å². The lowest BCUT2D eigenvalue weighted by molar-refractivity contribution is -0.128. The maximum Gasteiger partial charge on any atom is 0.224 e. The monoisotopic (exact) mass is 260 g/mol. The van der Waals surface area contributed by atoms with Crippen molar-refractivity contribution in [2.24, 2.45) is 16.9 Å². The minimum atomic E-state index is -0.505. The van der Waals surface area contributed by atoms with Crippen molar-refractivity contribution >= 4 is 11.8 Å². The highest BCUT2D eigenvalue weighted by atomic mass is 16.1. The fourth-order valence-electron chi connectivity index (χ4n) is 2.86. The zero-order valence-electron chi connectivity index (χ0n) is 11.0. The van der Waals surface area contributed by atoms with Crippen molar-refractivity contribution in [1.82, 2.24) is 0 Å². The molecule has 0 aliphatic heterocycles. The fraction of sp³-hybridized carbons (Fsp3) is 0.467. The fourth-order valence-corrected chi connectivity index (χ4v) is 2.86. The number of nitrogens with two attached hydrogens (primary N) is 2. The lowest BCUT2D eigenvalue weighted by atomic mass is 9.74. The molecule has 3 rings (SSSR count). The number of carbonyl (C=O) groups excluding carboxylic acids is 2. The first-order valence-corrected chi connectivity index (χ1v) is 6.68. The van der Waals surface area contributed by atoms with Crippen LogP contribution in [0, 0.1) is 5.41 Å². The number of amides is 2. The summed E-state index contributed by atoms with van der Waals surface area (Å²) in [4.78, 5) is 22.7. The molecule has 0 fully saturated rings. The first-order valence-electron chi connectivity index (χ1n) is 6.68. The standard InChI is InChI=1S/C15H20N2O2/c16-13(18)3-1-2-8-15(14(17)19)9-11-4-5-12(10-15)7-6-11/h4-7H,1-3,8-10H2,(H2,16,18)(H2,17,19). The molecular formula is C15H20N2O2. The third-order valence-electron chi connectivity index (χ3n) is 3.96. The molecule has 2 amide bonds. The van der Waals surface area contributed by atoms with Crippen molar-refractivity contribution in [3.05, 3.63) is 35.4 Å². The highest BCUT2D eigenvalue weighted by Gasteiger charge is 2.37. The Morgan fingerprint density at radius 3 is 1.95 bits per heavy atom. The van der Waals surface area contributed by atoms with E-state index in [0.717, 1.165) is 24.0 Å². The Morgan fingerprint density at radius 2 is 1.53 bits per heavy atom. The topological polar surface area (TPSA) is 86.2 Å². The average molecular weight is 260 g/mol. The predicted octanol–water partition coefficient (Wildman–Crippen LogP) is 1.30. The number of rotatable bonds is 6. The minimum absolute atomic E-state index is 0.242. The van der Waals surface area contributed by atoms with Crippen molar-refractivity contribution in [3.8, 4) is 0 Å². The third-order valence-corrected chi connectivity index (χ3v) is 3.96. The molecule has 0 aromatic heterocycles. The molecule has 0 radical (unpaired) electrons. The van der Waals surface area contributed by atoms with Gasteiger partial charge in [-0.1, -0.05) is 30.7 Å². The number of benzene rings is 1. The van der Waals surface area contributed by atoms with Crippen LogP contribution in [0.1, 0.15) is 36.8 Å². The Kier molecular flexibility index (Phi) is 3.88. The Morgan fingerprint density at radius 1 is 1.00 bits per heavy atom. The van der Waals surface area contributed by atoms with Gasteiger partial charge in [0.1, 0.15) is 0 Å². The number of unbranched alkanes of at least 4 members (excludes halogenated alkanes) is 1. The van der Waals surface area contributed by atoms with Gasteiger partial charge in [0.05, 0.1) is 5.41 Å². The quantitative estimate of drug-likeness (QED) is 0.755. The molecule has 0 saturated heterocycles. The van der Waals surface area contributed by atoms with E-state index >= 15 is 0 Å². The molecule has 4 heteroatoms. The highest BCUT2D eigenvalue weighted by Crippen LogP contribution is 2.36. The maximum absolute atomic E-state index is 11.9. The first kappa shape index (κ1) is 13.6. The molecular weight excluding hydrogens is 240 g/mol. The van der Waals surface area contributed by atoms with Crippen LogP contribution in [0.3, 0.4) is 0 Å². The smallest absolute Gasteiger partial charge is 0.224 e. The summed E-state index contributed by atoms with van der Waals surface area (Å²) < 4.78 is 0. The lowest BCUT2D eigenvalue weighted by Crippen LogP contribution is -2.40. The molecule has 2 bridgehead atoms. The van der Waals surface area contributed by atoms with E-state index in [1.54, 1.807) is 0 Å². The van der Waals surface area contributed by atoms with Crippen LogP contribution in [0.5, 0.6) is 0 Å². The van der Waals surface area contributed by atoms with E-state index < -0.39 is 5.41 Å². The molecule has 0 saturated carbocycles. The van der Waals surface area contributed by atoms with Crippen LogP contribution in [0.2, 0.25) is 0 Å². The van der Waals surface area contributed by atoms with Crippen LogP contribution in [0.4, 0.5) is 0 Å². The number of hydrogen-bond acceptors (Lipinski definition) is 2. The van der Waals surface area contributed by atoms with Gasteiger partial charge in [-0.25, -0.2) is 0 Å². The van der Waals surface area contributed by atoms with Crippen LogP contribution in [0.25, 0.3) is 0 Å². The summed E-state index contributed by atoms with van der Waals surface area (Å²) in [5.74, 6) is -0.532. The van der Waals surface area contributed by atoms with E-state index in [2.05, 4.69) is 24.3 Å². The summed E-state index contributed by atoms with van der Waals surface area (Å²) >= 11 is 0. The van der Waals surface area contributed by atoms with Crippen LogP contribution >= 0.6 is 0 Å². The zero-order chi connectivity index (χ0) is 13.9. The van der Waals surface area contributed by atoms with E-state index in [-0.39, 0.29) is 11.8 Å². The molecule has 0 atom stereocenters. The number of fused-ring (bicyclic) bond motifs is 4. The summed E-state index contributed by atoms with van der Waals surface area (Å²) in [5.41, 5.74) is 12.6. The van der Waals surface area contributed by atoms with Crippen molar-refractivity contribution in [3.63, 3.8) is 0 Å². The second-order valence-corrected chi connectivity index (χ2v) is 5.49. The van der Waals surface area contributed by atoms with Crippen LogP contribution in [-0.4, -0.2) is 11.8 Å². The predicted molar refractivity (Wildman–Crippen MR) is 73.1 cm³/mol. The van der Waals surface area contributed by atoms with Crippen LogP contribution < -0.4 is 11.5 Å². The van der Waals surface area contributed by atoms with Gasteiger partial charge < -0.3 is 11.5 Å². The molecule has 0 spiro atoms. The van der Waals surface area contributed by atoms with E-state index in [4.69, 9.17) is 11.5 Å². The Bertz CT molecular complexity index is 454. The molecule has 0 unspecified atom stereocenters. The number of hydrogen-bond donors (Lipinski definition) is 2. The largest absolute Gasteiger partial charge is 0.370 e. The summed E-state index contributed by atoms with van der Waals surface area (Å²) in [6.45, 7) is 0. The number of primary amides is 2. The highest BCUT2D eigenvalue weighted by molar-refractivity contribution is 5.82. The molecule has 2 aliphatic rings. The second kappa shape index (κ2) is 5.43. The van der Waals surface area contributed by atoms with Crippen LogP contribution in [-0.2, 0) is 22.4 Å². The third kappa shape index (κ3) is 3.13. The van der Waals surface area contributed by atoms with Gasteiger partial charge in [-0.05, 0) is 36.8 Å². The Labute approximate surface area is 113 Å². The first-order chi connectivity index (χ1) is 9.02.